The van der Waals surface area contributed by atoms with Crippen LogP contribution in [0.3, 0.4) is 0 Å². The van der Waals surface area contributed by atoms with Crippen LogP contribution >= 0.6 is 0 Å². The van der Waals surface area contributed by atoms with E-state index in [1.165, 1.54) is 27.8 Å². The SMILES string of the molecule is Cc1cc(C)c(-c2cc(C)c(-c3cc(C)c(C(F)(F)Oc4cc(C)c(C)c(C)c4)c(C)c3)c(C)c2)c(C)c1. The molecule has 0 radical (unpaired) electrons. The minimum Gasteiger partial charge on any atom is -0.429 e. The van der Waals surface area contributed by atoms with E-state index < -0.39 is 6.11 Å². The minimum atomic E-state index is -3.45. The molecule has 0 fully saturated rings. The highest BCUT2D eigenvalue weighted by molar-refractivity contribution is 5.80. The molecule has 38 heavy (non-hydrogen) atoms. The molecule has 0 spiro atoms. The van der Waals surface area contributed by atoms with Gasteiger partial charge in [-0.2, -0.15) is 8.78 Å². The summed E-state index contributed by atoms with van der Waals surface area (Å²) in [7, 11) is 0. The zero-order chi connectivity index (χ0) is 28.1. The number of halogens is 2. The third-order valence-corrected chi connectivity index (χ3v) is 7.76. The standard InChI is InChI=1S/C35H38F2O/c1-19-11-22(4)32(23(5)12-19)29-13-24(6)33(25(7)14-29)30-15-26(8)34(27(9)16-30)35(36,37)38-31-17-20(2)28(10)21(3)18-31/h11-18H,1-10H3. The number of benzene rings is 4. The van der Waals surface area contributed by atoms with Crippen molar-refractivity contribution in [3.8, 4) is 28.0 Å². The Labute approximate surface area is 226 Å². The highest BCUT2D eigenvalue weighted by Gasteiger charge is 2.38. The number of ether oxygens (including phenoxy) is 1. The number of alkyl halides is 2. The predicted octanol–water partition coefficient (Wildman–Crippen LogP) is 10.2. The maximum atomic E-state index is 15.5. The first kappa shape index (κ1) is 27.6. The number of aryl methyl sites for hydroxylation is 9. The van der Waals surface area contributed by atoms with Gasteiger partial charge in [0.1, 0.15) is 5.75 Å². The molecular formula is C35H38F2O. The van der Waals surface area contributed by atoms with Gasteiger partial charge in [0.15, 0.2) is 0 Å². The second-order valence-corrected chi connectivity index (χ2v) is 11.0. The van der Waals surface area contributed by atoms with Gasteiger partial charge in [-0.05, 0) is 154 Å². The van der Waals surface area contributed by atoms with Gasteiger partial charge in [0, 0.05) is 0 Å². The van der Waals surface area contributed by atoms with E-state index in [2.05, 4.69) is 58.9 Å². The monoisotopic (exact) mass is 512 g/mol. The molecule has 0 unspecified atom stereocenters. The Balaban J connectivity index is 1.75. The molecule has 198 valence electrons. The topological polar surface area (TPSA) is 9.23 Å². The summed E-state index contributed by atoms with van der Waals surface area (Å²) < 4.78 is 36.4. The van der Waals surface area contributed by atoms with Crippen LogP contribution in [0, 0.1) is 69.2 Å². The molecule has 0 heterocycles. The molecule has 0 aliphatic rings. The largest absolute Gasteiger partial charge is 0.429 e. The summed E-state index contributed by atoms with van der Waals surface area (Å²) in [6.07, 6.45) is -3.45. The van der Waals surface area contributed by atoms with E-state index >= 15 is 8.78 Å². The van der Waals surface area contributed by atoms with E-state index in [-0.39, 0.29) is 11.3 Å². The summed E-state index contributed by atoms with van der Waals surface area (Å²) in [6.45, 7) is 19.9. The first-order valence-corrected chi connectivity index (χ1v) is 13.2. The van der Waals surface area contributed by atoms with Crippen molar-refractivity contribution in [2.24, 2.45) is 0 Å². The fourth-order valence-electron chi connectivity index (χ4n) is 6.02. The van der Waals surface area contributed by atoms with Crippen molar-refractivity contribution in [2.45, 2.75) is 75.3 Å². The summed E-state index contributed by atoms with van der Waals surface area (Å²) in [5.41, 5.74) is 14.4. The van der Waals surface area contributed by atoms with E-state index in [4.69, 9.17) is 4.74 Å². The van der Waals surface area contributed by atoms with Gasteiger partial charge in [0.05, 0.1) is 5.56 Å². The Hall–Kier alpha value is -3.46. The molecule has 4 aromatic carbocycles. The quantitative estimate of drug-likeness (QED) is 0.258. The Kier molecular flexibility index (Phi) is 7.27. The normalized spacial score (nSPS) is 11.7. The van der Waals surface area contributed by atoms with Gasteiger partial charge in [-0.1, -0.05) is 42.0 Å². The molecule has 0 atom stereocenters. The molecule has 0 saturated heterocycles. The fourth-order valence-corrected chi connectivity index (χ4v) is 6.02. The van der Waals surface area contributed by atoms with E-state index in [9.17, 15) is 0 Å². The molecular weight excluding hydrogens is 474 g/mol. The molecule has 0 amide bonds. The maximum absolute atomic E-state index is 15.5. The van der Waals surface area contributed by atoms with Crippen molar-refractivity contribution in [3.63, 3.8) is 0 Å². The van der Waals surface area contributed by atoms with Gasteiger partial charge >= 0.3 is 6.11 Å². The van der Waals surface area contributed by atoms with Crippen LogP contribution in [-0.2, 0) is 6.11 Å². The van der Waals surface area contributed by atoms with Gasteiger partial charge in [-0.3, -0.25) is 0 Å². The van der Waals surface area contributed by atoms with Crippen molar-refractivity contribution in [2.75, 3.05) is 0 Å². The third-order valence-electron chi connectivity index (χ3n) is 7.76. The summed E-state index contributed by atoms with van der Waals surface area (Å²) in [4.78, 5) is 0. The van der Waals surface area contributed by atoms with Crippen LogP contribution in [-0.4, -0.2) is 0 Å². The Morgan fingerprint density at radius 2 is 0.842 bits per heavy atom. The molecule has 0 aromatic heterocycles. The Morgan fingerprint density at radius 3 is 1.26 bits per heavy atom. The lowest BCUT2D eigenvalue weighted by atomic mass is 9.86. The lowest BCUT2D eigenvalue weighted by molar-refractivity contribution is -0.186. The second-order valence-electron chi connectivity index (χ2n) is 11.0. The molecule has 0 saturated carbocycles. The van der Waals surface area contributed by atoms with E-state index in [1.54, 1.807) is 26.0 Å². The van der Waals surface area contributed by atoms with Gasteiger partial charge in [-0.25, -0.2) is 0 Å². The molecule has 1 nitrogen and oxygen atoms in total. The maximum Gasteiger partial charge on any atom is 0.427 e. The average Bonchev–Trinajstić information content (AvgIpc) is 2.75. The van der Waals surface area contributed by atoms with Crippen LogP contribution in [0.4, 0.5) is 8.78 Å². The zero-order valence-electron chi connectivity index (χ0n) is 24.3. The summed E-state index contributed by atoms with van der Waals surface area (Å²) >= 11 is 0. The summed E-state index contributed by atoms with van der Waals surface area (Å²) in [6, 6.07) is 16.0. The Morgan fingerprint density at radius 1 is 0.474 bits per heavy atom. The smallest absolute Gasteiger partial charge is 0.427 e. The van der Waals surface area contributed by atoms with Crippen LogP contribution in [0.25, 0.3) is 22.3 Å². The summed E-state index contributed by atoms with van der Waals surface area (Å²) in [5, 5.41) is 0. The van der Waals surface area contributed by atoms with Crippen molar-refractivity contribution in [3.05, 3.63) is 110 Å². The lowest BCUT2D eigenvalue weighted by Gasteiger charge is -2.24. The molecule has 0 N–H and O–H groups in total. The van der Waals surface area contributed by atoms with Gasteiger partial charge in [0.25, 0.3) is 0 Å². The summed E-state index contributed by atoms with van der Waals surface area (Å²) in [5.74, 6) is 0.183. The predicted molar refractivity (Wildman–Crippen MR) is 156 cm³/mol. The van der Waals surface area contributed by atoms with Crippen LogP contribution in [0.15, 0.2) is 48.5 Å². The average molecular weight is 513 g/mol. The molecule has 0 aliphatic heterocycles. The molecule has 4 aromatic rings. The minimum absolute atomic E-state index is 0.0741. The number of hydrogen-bond acceptors (Lipinski definition) is 1. The van der Waals surface area contributed by atoms with Crippen molar-refractivity contribution < 1.29 is 13.5 Å². The lowest BCUT2D eigenvalue weighted by Crippen LogP contribution is -2.24. The molecule has 3 heteroatoms. The third kappa shape index (κ3) is 5.12. The fraction of sp³-hybridized carbons (Fsp3) is 0.314. The number of rotatable bonds is 5. The highest BCUT2D eigenvalue weighted by atomic mass is 19.3. The molecule has 4 rings (SSSR count). The van der Waals surface area contributed by atoms with Crippen molar-refractivity contribution in [1.82, 2.24) is 0 Å². The van der Waals surface area contributed by atoms with Gasteiger partial charge in [-0.15, -0.1) is 0 Å². The molecule has 0 bridgehead atoms. The first-order chi connectivity index (χ1) is 17.7. The van der Waals surface area contributed by atoms with Crippen LogP contribution in [0.1, 0.15) is 61.2 Å². The van der Waals surface area contributed by atoms with Crippen LogP contribution in [0.2, 0.25) is 0 Å². The van der Waals surface area contributed by atoms with E-state index in [0.717, 1.165) is 38.9 Å². The zero-order valence-corrected chi connectivity index (χ0v) is 24.3. The van der Waals surface area contributed by atoms with Crippen LogP contribution < -0.4 is 4.74 Å². The van der Waals surface area contributed by atoms with Crippen LogP contribution in [0.5, 0.6) is 5.75 Å². The second kappa shape index (κ2) is 10.0. The first-order valence-electron chi connectivity index (χ1n) is 13.2. The molecule has 0 aliphatic carbocycles. The van der Waals surface area contributed by atoms with E-state index in [0.29, 0.717) is 11.1 Å². The van der Waals surface area contributed by atoms with Gasteiger partial charge in [0.2, 0.25) is 0 Å². The van der Waals surface area contributed by atoms with Crippen molar-refractivity contribution >= 4 is 0 Å². The number of hydrogen-bond donors (Lipinski definition) is 0. The van der Waals surface area contributed by atoms with Gasteiger partial charge < -0.3 is 4.74 Å². The highest BCUT2D eigenvalue weighted by Crippen LogP contribution is 2.41. The van der Waals surface area contributed by atoms with E-state index in [1.807, 2.05) is 32.9 Å². The van der Waals surface area contributed by atoms with Crippen molar-refractivity contribution in [1.29, 1.82) is 0 Å². The Bertz CT molecular complexity index is 1470.